The SMILES string of the molecule is c1ccc(COc2cccc3ccn(CC4=NCCN4)c23)cc1. The Hall–Kier alpha value is -2.75. The molecule has 0 bridgehead atoms. The van der Waals surface area contributed by atoms with Crippen molar-refractivity contribution < 1.29 is 4.74 Å². The van der Waals surface area contributed by atoms with Crippen LogP contribution in [0.4, 0.5) is 0 Å². The Morgan fingerprint density at radius 3 is 2.78 bits per heavy atom. The number of ether oxygens (including phenoxy) is 1. The van der Waals surface area contributed by atoms with Gasteiger partial charge in [0.15, 0.2) is 0 Å². The number of rotatable bonds is 5. The van der Waals surface area contributed by atoms with Gasteiger partial charge >= 0.3 is 0 Å². The maximum absolute atomic E-state index is 6.09. The lowest BCUT2D eigenvalue weighted by Gasteiger charge is -2.12. The van der Waals surface area contributed by atoms with Gasteiger partial charge in [0.2, 0.25) is 0 Å². The van der Waals surface area contributed by atoms with E-state index in [0.717, 1.165) is 36.7 Å². The van der Waals surface area contributed by atoms with Gasteiger partial charge in [0.25, 0.3) is 0 Å². The molecule has 0 unspecified atom stereocenters. The molecule has 0 fully saturated rings. The molecule has 0 amide bonds. The smallest absolute Gasteiger partial charge is 0.144 e. The number of fused-ring (bicyclic) bond motifs is 1. The van der Waals surface area contributed by atoms with Crippen LogP contribution in [0.2, 0.25) is 0 Å². The lowest BCUT2D eigenvalue weighted by Crippen LogP contribution is -2.23. The average molecular weight is 305 g/mol. The van der Waals surface area contributed by atoms with E-state index in [1.807, 2.05) is 30.3 Å². The Balaban J connectivity index is 1.62. The summed E-state index contributed by atoms with van der Waals surface area (Å²) in [6, 6.07) is 18.6. The van der Waals surface area contributed by atoms with Crippen LogP contribution in [0.25, 0.3) is 10.9 Å². The average Bonchev–Trinajstić information content (AvgIpc) is 3.25. The molecule has 1 aromatic heterocycles. The number of nitrogens with one attached hydrogen (secondary N) is 1. The first-order chi connectivity index (χ1) is 11.4. The number of amidine groups is 1. The predicted octanol–water partition coefficient (Wildman–Crippen LogP) is 3.22. The maximum atomic E-state index is 6.09. The van der Waals surface area contributed by atoms with Crippen molar-refractivity contribution in [3.63, 3.8) is 0 Å². The highest BCUT2D eigenvalue weighted by atomic mass is 16.5. The molecule has 4 nitrogen and oxygen atoms in total. The van der Waals surface area contributed by atoms with Gasteiger partial charge in [-0.05, 0) is 17.7 Å². The van der Waals surface area contributed by atoms with Crippen LogP contribution in [0.1, 0.15) is 5.56 Å². The standard InChI is InChI=1S/C19H19N3O/c1-2-5-15(6-3-1)14-23-17-8-4-7-16-9-12-22(19(16)17)13-18-20-10-11-21-18/h1-9,12H,10-11,13-14H2,(H,20,21). The van der Waals surface area contributed by atoms with Crippen LogP contribution in [0, 0.1) is 0 Å². The lowest BCUT2D eigenvalue weighted by atomic mass is 10.2. The van der Waals surface area contributed by atoms with Gasteiger partial charge in [-0.15, -0.1) is 0 Å². The molecule has 0 saturated heterocycles. The second kappa shape index (κ2) is 6.16. The molecule has 0 spiro atoms. The molecule has 0 aliphatic carbocycles. The largest absolute Gasteiger partial charge is 0.487 e. The summed E-state index contributed by atoms with van der Waals surface area (Å²) in [5.74, 6) is 1.95. The molecule has 1 aliphatic heterocycles. The number of aromatic nitrogens is 1. The molecule has 0 radical (unpaired) electrons. The normalized spacial score (nSPS) is 13.8. The highest BCUT2D eigenvalue weighted by Gasteiger charge is 2.11. The van der Waals surface area contributed by atoms with Gasteiger partial charge < -0.3 is 14.6 Å². The van der Waals surface area contributed by atoms with Crippen molar-refractivity contribution in [1.82, 2.24) is 9.88 Å². The van der Waals surface area contributed by atoms with E-state index in [2.05, 4.69) is 45.3 Å². The number of benzene rings is 2. The highest BCUT2D eigenvalue weighted by Crippen LogP contribution is 2.27. The van der Waals surface area contributed by atoms with Crippen molar-refractivity contribution in [3.05, 3.63) is 66.4 Å². The summed E-state index contributed by atoms with van der Waals surface area (Å²) in [5.41, 5.74) is 2.30. The van der Waals surface area contributed by atoms with E-state index in [-0.39, 0.29) is 0 Å². The fraction of sp³-hybridized carbons (Fsp3) is 0.211. The third-order valence-corrected chi connectivity index (χ3v) is 4.05. The van der Waals surface area contributed by atoms with E-state index in [9.17, 15) is 0 Å². The summed E-state index contributed by atoms with van der Waals surface area (Å²) in [6.07, 6.45) is 2.10. The van der Waals surface area contributed by atoms with Crippen molar-refractivity contribution >= 4 is 16.7 Å². The summed E-state index contributed by atoms with van der Waals surface area (Å²) in [6.45, 7) is 3.14. The van der Waals surface area contributed by atoms with Crippen molar-refractivity contribution in [1.29, 1.82) is 0 Å². The van der Waals surface area contributed by atoms with Crippen LogP contribution >= 0.6 is 0 Å². The fourth-order valence-corrected chi connectivity index (χ4v) is 2.92. The first-order valence-electron chi connectivity index (χ1n) is 7.92. The van der Waals surface area contributed by atoms with Crippen molar-refractivity contribution in [2.75, 3.05) is 13.1 Å². The summed E-state index contributed by atoms with van der Waals surface area (Å²) in [4.78, 5) is 4.48. The van der Waals surface area contributed by atoms with E-state index in [1.165, 1.54) is 10.9 Å². The summed E-state index contributed by atoms with van der Waals surface area (Å²) in [5, 5.41) is 4.51. The van der Waals surface area contributed by atoms with Crippen LogP contribution in [-0.4, -0.2) is 23.5 Å². The zero-order valence-electron chi connectivity index (χ0n) is 12.9. The zero-order chi connectivity index (χ0) is 15.5. The number of para-hydroxylation sites is 1. The van der Waals surface area contributed by atoms with E-state index in [1.54, 1.807) is 0 Å². The molecule has 2 aromatic carbocycles. The number of hydrogen-bond acceptors (Lipinski definition) is 3. The Bertz CT molecular complexity index is 836. The third-order valence-electron chi connectivity index (χ3n) is 4.05. The molecular formula is C19H19N3O. The van der Waals surface area contributed by atoms with Gasteiger partial charge in [0, 0.05) is 18.1 Å². The molecular weight excluding hydrogens is 286 g/mol. The topological polar surface area (TPSA) is 38.5 Å². The van der Waals surface area contributed by atoms with E-state index >= 15 is 0 Å². The number of nitrogens with zero attached hydrogens (tertiary/aromatic N) is 2. The Morgan fingerprint density at radius 1 is 1.04 bits per heavy atom. The van der Waals surface area contributed by atoms with E-state index in [4.69, 9.17) is 4.74 Å². The number of hydrogen-bond donors (Lipinski definition) is 1. The molecule has 4 rings (SSSR count). The zero-order valence-corrected chi connectivity index (χ0v) is 12.9. The second-order valence-corrected chi connectivity index (χ2v) is 5.67. The minimum absolute atomic E-state index is 0.574. The Morgan fingerprint density at radius 2 is 1.96 bits per heavy atom. The van der Waals surface area contributed by atoms with Crippen LogP contribution in [0.3, 0.4) is 0 Å². The fourth-order valence-electron chi connectivity index (χ4n) is 2.92. The lowest BCUT2D eigenvalue weighted by molar-refractivity contribution is 0.309. The third kappa shape index (κ3) is 2.93. The predicted molar refractivity (Wildman–Crippen MR) is 93.0 cm³/mol. The van der Waals surface area contributed by atoms with Crippen molar-refractivity contribution in [3.8, 4) is 5.75 Å². The van der Waals surface area contributed by atoms with Crippen molar-refractivity contribution in [2.24, 2.45) is 4.99 Å². The van der Waals surface area contributed by atoms with E-state index < -0.39 is 0 Å². The van der Waals surface area contributed by atoms with Crippen LogP contribution in [0.5, 0.6) is 5.75 Å². The molecule has 0 atom stereocenters. The van der Waals surface area contributed by atoms with Crippen LogP contribution < -0.4 is 10.1 Å². The molecule has 1 aliphatic rings. The summed E-state index contributed by atoms with van der Waals surface area (Å²) >= 11 is 0. The van der Waals surface area contributed by atoms with Gasteiger partial charge in [-0.25, -0.2) is 0 Å². The summed E-state index contributed by atoms with van der Waals surface area (Å²) < 4.78 is 8.29. The molecule has 23 heavy (non-hydrogen) atoms. The van der Waals surface area contributed by atoms with Gasteiger partial charge in [0.05, 0.1) is 18.6 Å². The Labute approximate surface area is 135 Å². The minimum Gasteiger partial charge on any atom is -0.487 e. The minimum atomic E-state index is 0.574. The monoisotopic (exact) mass is 305 g/mol. The van der Waals surface area contributed by atoms with Gasteiger partial charge in [-0.2, -0.15) is 0 Å². The summed E-state index contributed by atoms with van der Waals surface area (Å²) in [7, 11) is 0. The first-order valence-corrected chi connectivity index (χ1v) is 7.92. The second-order valence-electron chi connectivity index (χ2n) is 5.67. The molecule has 3 aromatic rings. The van der Waals surface area contributed by atoms with Gasteiger partial charge in [-0.3, -0.25) is 4.99 Å². The molecule has 1 N–H and O–H groups in total. The quantitative estimate of drug-likeness (QED) is 0.786. The molecule has 4 heteroatoms. The Kier molecular flexibility index (Phi) is 3.72. The molecule has 0 saturated carbocycles. The van der Waals surface area contributed by atoms with Crippen LogP contribution in [0.15, 0.2) is 65.8 Å². The maximum Gasteiger partial charge on any atom is 0.144 e. The molecule has 2 heterocycles. The van der Waals surface area contributed by atoms with Gasteiger partial charge in [0.1, 0.15) is 18.2 Å². The van der Waals surface area contributed by atoms with Crippen LogP contribution in [-0.2, 0) is 13.2 Å². The number of aliphatic imine (C=N–C) groups is 1. The van der Waals surface area contributed by atoms with Gasteiger partial charge in [-0.1, -0.05) is 42.5 Å². The van der Waals surface area contributed by atoms with Crippen molar-refractivity contribution in [2.45, 2.75) is 13.2 Å². The first kappa shape index (κ1) is 13.9. The molecule has 116 valence electrons. The van der Waals surface area contributed by atoms with E-state index in [0.29, 0.717) is 6.61 Å². The highest BCUT2D eigenvalue weighted by molar-refractivity contribution is 5.89.